The van der Waals surface area contributed by atoms with Crippen molar-refractivity contribution < 1.29 is 51.6 Å². The molecule has 0 radical (unpaired) electrons. The maximum atomic E-state index is 7.00. The molecule has 1 aliphatic rings. The van der Waals surface area contributed by atoms with Crippen LogP contribution >= 0.6 is 0 Å². The summed E-state index contributed by atoms with van der Waals surface area (Å²) in [6, 6.07) is 11.5. The molecule has 1 N–H and O–H groups in total. The number of halogens is 2. The van der Waals surface area contributed by atoms with Gasteiger partial charge >= 0.3 is 21.7 Å². The van der Waals surface area contributed by atoms with Crippen molar-refractivity contribution in [3.8, 4) is 0 Å². The summed E-state index contributed by atoms with van der Waals surface area (Å²) in [7, 11) is 1.00. The molecule has 0 atom stereocenters. The molecular weight excluding hydrogens is 363 g/mol. The van der Waals surface area contributed by atoms with Crippen molar-refractivity contribution >= 4 is 5.57 Å². The third kappa shape index (κ3) is 11.2. The van der Waals surface area contributed by atoms with Gasteiger partial charge in [-0.15, -0.1) is 41.5 Å². The van der Waals surface area contributed by atoms with Crippen molar-refractivity contribution in [3.05, 3.63) is 58.5 Å². The molecule has 0 bridgehead atoms. The maximum Gasteiger partial charge on any atom is 4.00 e. The molecule has 0 saturated heterocycles. The first-order valence-electron chi connectivity index (χ1n) is 6.98. The van der Waals surface area contributed by atoms with E-state index in [1.54, 1.807) is 0 Å². The van der Waals surface area contributed by atoms with Crippen molar-refractivity contribution in [3.63, 3.8) is 0 Å². The fourth-order valence-electron chi connectivity index (χ4n) is 1.96. The molecule has 1 aromatic rings. The number of hydrogen-bond acceptors (Lipinski definition) is 1. The molecule has 23 heavy (non-hydrogen) atoms. The van der Waals surface area contributed by atoms with Crippen LogP contribution in [-0.4, -0.2) is 12.2 Å². The van der Waals surface area contributed by atoms with Gasteiger partial charge in [-0.05, 0) is 27.2 Å². The van der Waals surface area contributed by atoms with Crippen LogP contribution in [0.15, 0.2) is 41.0 Å². The summed E-state index contributed by atoms with van der Waals surface area (Å²) in [6.45, 7) is 12.9. The Morgan fingerprint density at radius 2 is 1.43 bits per heavy atom. The first-order chi connectivity index (χ1) is 9.43. The Morgan fingerprint density at radius 3 is 1.74 bits per heavy atom. The van der Waals surface area contributed by atoms with Crippen LogP contribution in [0, 0.1) is 12.0 Å². The number of hydrogen-bond donors (Lipinski definition) is 1. The SMILES string of the molecule is CC1=C(C)C(C)=C(c2[c-]cccc2)C1.CO.C[C-](C)C.[Cl-].[Cl-].[Ti+4]. The number of aliphatic hydroxyl groups is 1. The van der Waals surface area contributed by atoms with E-state index < -0.39 is 0 Å². The van der Waals surface area contributed by atoms with Gasteiger partial charge in [-0.2, -0.15) is 20.8 Å². The Kier molecular flexibility index (Phi) is 22.5. The zero-order valence-electron chi connectivity index (χ0n) is 15.2. The summed E-state index contributed by atoms with van der Waals surface area (Å²) in [5.74, 6) is 1.42. The molecule has 2 rings (SSSR count). The van der Waals surface area contributed by atoms with Gasteiger partial charge in [0.1, 0.15) is 0 Å². The molecule has 0 unspecified atom stereocenters. The Balaban J connectivity index is -0.000000178. The fraction of sp³-hybridized carbons (Fsp3) is 0.421. The van der Waals surface area contributed by atoms with E-state index in [1.807, 2.05) is 12.1 Å². The molecule has 0 amide bonds. The normalized spacial score (nSPS) is 12.0. The minimum Gasteiger partial charge on any atom is -1.00 e. The van der Waals surface area contributed by atoms with Crippen LogP contribution < -0.4 is 24.8 Å². The smallest absolute Gasteiger partial charge is 1.00 e. The van der Waals surface area contributed by atoms with Crippen LogP contribution in [0.4, 0.5) is 0 Å². The molecule has 1 aliphatic carbocycles. The number of allylic oxidation sites excluding steroid dienone is 4. The molecule has 0 aliphatic heterocycles. The van der Waals surface area contributed by atoms with E-state index >= 15 is 0 Å². The molecular formula is C19H28Cl2OTi. The monoisotopic (exact) mass is 390 g/mol. The molecule has 4 heteroatoms. The Hall–Kier alpha value is -0.0457. The summed E-state index contributed by atoms with van der Waals surface area (Å²) >= 11 is 0. The molecule has 0 spiro atoms. The summed E-state index contributed by atoms with van der Waals surface area (Å²) < 4.78 is 0. The van der Waals surface area contributed by atoms with Gasteiger partial charge in [0, 0.05) is 7.11 Å². The van der Waals surface area contributed by atoms with E-state index in [9.17, 15) is 0 Å². The average Bonchev–Trinajstić information content (AvgIpc) is 2.69. The van der Waals surface area contributed by atoms with Crippen LogP contribution in [0.1, 0.15) is 53.5 Å². The van der Waals surface area contributed by atoms with Crippen LogP contribution in [0.3, 0.4) is 0 Å². The second-order valence-corrected chi connectivity index (χ2v) is 5.46. The Labute approximate surface area is 170 Å². The first kappa shape index (κ1) is 30.8. The van der Waals surface area contributed by atoms with E-state index in [1.165, 1.54) is 33.8 Å². The third-order valence-electron chi connectivity index (χ3n) is 3.13. The van der Waals surface area contributed by atoms with E-state index in [0.29, 0.717) is 0 Å². The average molecular weight is 391 g/mol. The third-order valence-corrected chi connectivity index (χ3v) is 3.13. The van der Waals surface area contributed by atoms with Gasteiger partial charge in [0.15, 0.2) is 0 Å². The molecule has 1 nitrogen and oxygen atoms in total. The molecule has 0 saturated carbocycles. The van der Waals surface area contributed by atoms with Crippen molar-refractivity contribution in [2.45, 2.75) is 48.0 Å². The predicted molar refractivity (Wildman–Crippen MR) is 89.3 cm³/mol. The second kappa shape index (κ2) is 16.8. The van der Waals surface area contributed by atoms with Gasteiger partial charge in [0.2, 0.25) is 0 Å². The topological polar surface area (TPSA) is 20.2 Å². The summed E-state index contributed by atoms with van der Waals surface area (Å²) in [6.07, 6.45) is 1.10. The van der Waals surface area contributed by atoms with Gasteiger partial charge in [0.25, 0.3) is 0 Å². The largest absolute Gasteiger partial charge is 4.00 e. The second-order valence-electron chi connectivity index (χ2n) is 5.46. The standard InChI is InChI=1S/C14H15.C4H9.CH4O.2ClH.Ti/c1-10-9-14(12(3)11(10)2)13-7-5-4-6-8-13;1-4(2)3;1-2;;;/h4-7H,9H2,1-3H3;1-3H3;2H,1H3;2*1H;/q2*-1;;;;+4/p-2. The van der Waals surface area contributed by atoms with Crippen LogP contribution in [-0.2, 0) is 21.7 Å². The van der Waals surface area contributed by atoms with E-state index in [-0.39, 0.29) is 46.5 Å². The maximum absolute atomic E-state index is 7.00. The first-order valence-corrected chi connectivity index (χ1v) is 6.98. The zero-order valence-corrected chi connectivity index (χ0v) is 18.3. The van der Waals surface area contributed by atoms with Gasteiger partial charge in [-0.1, -0.05) is 16.7 Å². The van der Waals surface area contributed by atoms with Crippen molar-refractivity contribution in [2.24, 2.45) is 0 Å². The number of benzene rings is 1. The molecule has 0 heterocycles. The summed E-state index contributed by atoms with van der Waals surface area (Å²) in [5, 5.41) is 7.00. The number of aliphatic hydroxyl groups excluding tert-OH is 1. The minimum atomic E-state index is 0. The van der Waals surface area contributed by atoms with Crippen molar-refractivity contribution in [1.82, 2.24) is 0 Å². The molecule has 1 aromatic carbocycles. The number of rotatable bonds is 1. The molecule has 0 fully saturated rings. The van der Waals surface area contributed by atoms with Gasteiger partial charge in [-0.3, -0.25) is 0 Å². The van der Waals surface area contributed by atoms with Crippen LogP contribution in [0.2, 0.25) is 0 Å². The van der Waals surface area contributed by atoms with Crippen LogP contribution in [0.5, 0.6) is 0 Å². The zero-order chi connectivity index (χ0) is 15.7. The van der Waals surface area contributed by atoms with Crippen LogP contribution in [0.25, 0.3) is 5.57 Å². The van der Waals surface area contributed by atoms with Gasteiger partial charge in [-0.25, -0.2) is 0 Å². The van der Waals surface area contributed by atoms with Gasteiger partial charge < -0.3 is 35.8 Å². The Morgan fingerprint density at radius 1 is 0.957 bits per heavy atom. The fourth-order valence-corrected chi connectivity index (χ4v) is 1.96. The minimum absolute atomic E-state index is 0. The summed E-state index contributed by atoms with van der Waals surface area (Å²) in [4.78, 5) is 0. The van der Waals surface area contributed by atoms with E-state index in [4.69, 9.17) is 5.11 Å². The van der Waals surface area contributed by atoms with E-state index in [0.717, 1.165) is 13.5 Å². The van der Waals surface area contributed by atoms with Crippen molar-refractivity contribution in [2.75, 3.05) is 7.11 Å². The van der Waals surface area contributed by atoms with Gasteiger partial charge in [0.05, 0.1) is 0 Å². The molecule has 0 aromatic heterocycles. The van der Waals surface area contributed by atoms with Crippen molar-refractivity contribution in [1.29, 1.82) is 0 Å². The Bertz CT molecular complexity index is 463. The molecule has 128 valence electrons. The summed E-state index contributed by atoms with van der Waals surface area (Å²) in [5.41, 5.74) is 7.08. The van der Waals surface area contributed by atoms with E-state index in [2.05, 4.69) is 59.7 Å². The predicted octanol–water partition coefficient (Wildman–Crippen LogP) is -0.765. The quantitative estimate of drug-likeness (QED) is 0.493.